The molecule has 0 radical (unpaired) electrons. The minimum Gasteiger partial charge on any atom is -0.508 e. The number of phenolic OH excluding ortho intramolecular Hbond substituents is 1. The Bertz CT molecular complexity index is 500. The summed E-state index contributed by atoms with van der Waals surface area (Å²) >= 11 is 0. The van der Waals surface area contributed by atoms with Crippen molar-refractivity contribution in [2.24, 2.45) is 0 Å². The molecule has 0 aliphatic heterocycles. The molecule has 0 aliphatic rings. The van der Waals surface area contributed by atoms with Crippen molar-refractivity contribution >= 4 is 10.0 Å². The Hall–Kier alpha value is -1.11. The predicted octanol–water partition coefficient (Wildman–Crippen LogP) is 0.900. The SMILES string of the molecule is CNS(=O)(=O)CCNC(C)c1ccc(C)cc1O. The second-order valence-corrected chi connectivity index (χ2v) is 6.31. The van der Waals surface area contributed by atoms with Crippen LogP contribution in [0.25, 0.3) is 0 Å². The number of aromatic hydroxyl groups is 1. The standard InChI is InChI=1S/C12H20N2O3S/c1-9-4-5-11(12(15)8-9)10(2)14-6-7-18(16,17)13-3/h4-5,8,10,13-15H,6-7H2,1-3H3. The van der Waals surface area contributed by atoms with Crippen LogP contribution in [0, 0.1) is 6.92 Å². The molecule has 6 heteroatoms. The first-order chi connectivity index (χ1) is 8.35. The normalized spacial score (nSPS) is 13.5. The smallest absolute Gasteiger partial charge is 0.212 e. The van der Waals surface area contributed by atoms with Crippen molar-refractivity contribution in [3.8, 4) is 5.75 Å². The van der Waals surface area contributed by atoms with Crippen molar-refractivity contribution < 1.29 is 13.5 Å². The van der Waals surface area contributed by atoms with Gasteiger partial charge < -0.3 is 10.4 Å². The van der Waals surface area contributed by atoms with Gasteiger partial charge in [0.2, 0.25) is 10.0 Å². The lowest BCUT2D eigenvalue weighted by Gasteiger charge is -2.16. The third kappa shape index (κ3) is 4.29. The van der Waals surface area contributed by atoms with Crippen LogP contribution >= 0.6 is 0 Å². The molecule has 1 atom stereocenters. The molecule has 0 aliphatic carbocycles. The van der Waals surface area contributed by atoms with Crippen LogP contribution in [0.1, 0.15) is 24.1 Å². The summed E-state index contributed by atoms with van der Waals surface area (Å²) < 4.78 is 24.7. The number of phenols is 1. The molecule has 0 saturated carbocycles. The van der Waals surface area contributed by atoms with Crippen LogP contribution in [0.2, 0.25) is 0 Å². The fraction of sp³-hybridized carbons (Fsp3) is 0.500. The summed E-state index contributed by atoms with van der Waals surface area (Å²) in [6.45, 7) is 4.12. The molecule has 102 valence electrons. The van der Waals surface area contributed by atoms with Crippen molar-refractivity contribution in [3.05, 3.63) is 29.3 Å². The second kappa shape index (κ2) is 6.17. The average molecular weight is 272 g/mol. The van der Waals surface area contributed by atoms with Crippen LogP contribution in [0.15, 0.2) is 18.2 Å². The molecule has 5 nitrogen and oxygen atoms in total. The molecule has 0 heterocycles. The van der Waals surface area contributed by atoms with E-state index in [9.17, 15) is 13.5 Å². The summed E-state index contributed by atoms with van der Waals surface area (Å²) in [6.07, 6.45) is 0. The fourth-order valence-electron chi connectivity index (χ4n) is 1.64. The molecule has 0 saturated heterocycles. The van der Waals surface area contributed by atoms with Crippen LogP contribution < -0.4 is 10.0 Å². The van der Waals surface area contributed by atoms with Gasteiger partial charge >= 0.3 is 0 Å². The van der Waals surface area contributed by atoms with Crippen molar-refractivity contribution in [1.29, 1.82) is 0 Å². The Kier molecular flexibility index (Phi) is 5.13. The third-order valence-electron chi connectivity index (χ3n) is 2.78. The Morgan fingerprint density at radius 1 is 1.39 bits per heavy atom. The molecular weight excluding hydrogens is 252 g/mol. The van der Waals surface area contributed by atoms with Crippen LogP contribution in [0.5, 0.6) is 5.75 Å². The minimum atomic E-state index is -3.19. The quantitative estimate of drug-likeness (QED) is 0.719. The summed E-state index contributed by atoms with van der Waals surface area (Å²) in [5.74, 6) is 0.243. The number of sulfonamides is 1. The molecule has 1 aromatic rings. The van der Waals surface area contributed by atoms with E-state index in [4.69, 9.17) is 0 Å². The summed E-state index contributed by atoms with van der Waals surface area (Å²) in [7, 11) is -1.80. The Morgan fingerprint density at radius 3 is 2.61 bits per heavy atom. The van der Waals surface area contributed by atoms with E-state index in [1.54, 1.807) is 6.07 Å². The number of rotatable bonds is 6. The number of hydrogen-bond acceptors (Lipinski definition) is 4. The van der Waals surface area contributed by atoms with Crippen LogP contribution in [-0.2, 0) is 10.0 Å². The lowest BCUT2D eigenvalue weighted by atomic mass is 10.1. The second-order valence-electron chi connectivity index (χ2n) is 4.26. The highest BCUT2D eigenvalue weighted by Crippen LogP contribution is 2.24. The van der Waals surface area contributed by atoms with Gasteiger partial charge in [-0.15, -0.1) is 0 Å². The average Bonchev–Trinajstić information content (AvgIpc) is 2.28. The Labute approximate surface area is 108 Å². The summed E-state index contributed by atoms with van der Waals surface area (Å²) in [6, 6.07) is 5.35. The van der Waals surface area contributed by atoms with Gasteiger partial charge in [-0.2, -0.15) is 0 Å². The van der Waals surface area contributed by atoms with Gasteiger partial charge in [0.25, 0.3) is 0 Å². The number of hydrogen-bond donors (Lipinski definition) is 3. The van der Waals surface area contributed by atoms with Crippen molar-refractivity contribution in [2.75, 3.05) is 19.3 Å². The van der Waals surface area contributed by atoms with E-state index in [0.29, 0.717) is 6.54 Å². The number of benzene rings is 1. The number of aryl methyl sites for hydroxylation is 1. The molecule has 0 bridgehead atoms. The van der Waals surface area contributed by atoms with Gasteiger partial charge in [-0.05, 0) is 32.5 Å². The summed E-state index contributed by atoms with van der Waals surface area (Å²) in [5.41, 5.74) is 1.75. The van der Waals surface area contributed by atoms with E-state index in [1.165, 1.54) is 7.05 Å². The van der Waals surface area contributed by atoms with Crippen LogP contribution in [0.3, 0.4) is 0 Å². The Balaban J connectivity index is 2.58. The van der Waals surface area contributed by atoms with Gasteiger partial charge in [0, 0.05) is 18.2 Å². The predicted molar refractivity (Wildman–Crippen MR) is 72.1 cm³/mol. The fourth-order valence-corrected chi connectivity index (χ4v) is 2.23. The lowest BCUT2D eigenvalue weighted by Crippen LogP contribution is -2.30. The number of nitrogens with one attached hydrogen (secondary N) is 2. The zero-order chi connectivity index (χ0) is 13.8. The molecule has 0 fully saturated rings. The molecular formula is C12H20N2O3S. The van der Waals surface area contributed by atoms with Gasteiger partial charge in [0.1, 0.15) is 5.75 Å². The highest BCUT2D eigenvalue weighted by atomic mass is 32.2. The zero-order valence-corrected chi connectivity index (χ0v) is 11.7. The van der Waals surface area contributed by atoms with E-state index in [-0.39, 0.29) is 17.5 Å². The first-order valence-corrected chi connectivity index (χ1v) is 7.45. The molecule has 1 unspecified atom stereocenters. The third-order valence-corrected chi connectivity index (χ3v) is 4.15. The summed E-state index contributed by atoms with van der Waals surface area (Å²) in [5, 5.41) is 12.9. The van der Waals surface area contributed by atoms with Gasteiger partial charge in [-0.1, -0.05) is 12.1 Å². The highest BCUT2D eigenvalue weighted by molar-refractivity contribution is 7.89. The zero-order valence-electron chi connectivity index (χ0n) is 10.9. The van der Waals surface area contributed by atoms with Gasteiger partial charge in [-0.25, -0.2) is 13.1 Å². The highest BCUT2D eigenvalue weighted by Gasteiger charge is 2.12. The molecule has 0 amide bonds. The summed E-state index contributed by atoms with van der Waals surface area (Å²) in [4.78, 5) is 0. The first-order valence-electron chi connectivity index (χ1n) is 5.80. The topological polar surface area (TPSA) is 78.4 Å². The van der Waals surface area contributed by atoms with Crippen molar-refractivity contribution in [1.82, 2.24) is 10.0 Å². The molecule has 0 spiro atoms. The van der Waals surface area contributed by atoms with Crippen molar-refractivity contribution in [3.63, 3.8) is 0 Å². The van der Waals surface area contributed by atoms with E-state index in [2.05, 4.69) is 10.0 Å². The first kappa shape index (κ1) is 14.9. The van der Waals surface area contributed by atoms with Gasteiger partial charge in [-0.3, -0.25) is 0 Å². The minimum absolute atomic E-state index is 0.0143. The maximum atomic E-state index is 11.2. The lowest BCUT2D eigenvalue weighted by molar-refractivity contribution is 0.454. The van der Waals surface area contributed by atoms with E-state index in [0.717, 1.165) is 11.1 Å². The Morgan fingerprint density at radius 2 is 2.06 bits per heavy atom. The molecule has 3 N–H and O–H groups in total. The monoisotopic (exact) mass is 272 g/mol. The van der Waals surface area contributed by atoms with E-state index < -0.39 is 10.0 Å². The van der Waals surface area contributed by atoms with Crippen molar-refractivity contribution in [2.45, 2.75) is 19.9 Å². The molecule has 18 heavy (non-hydrogen) atoms. The van der Waals surface area contributed by atoms with E-state index >= 15 is 0 Å². The molecule has 1 aromatic carbocycles. The van der Waals surface area contributed by atoms with Crippen LogP contribution in [-0.4, -0.2) is 32.9 Å². The largest absolute Gasteiger partial charge is 0.508 e. The van der Waals surface area contributed by atoms with Gasteiger partial charge in [0.05, 0.1) is 5.75 Å². The maximum Gasteiger partial charge on any atom is 0.212 e. The van der Waals surface area contributed by atoms with Gasteiger partial charge in [0.15, 0.2) is 0 Å². The van der Waals surface area contributed by atoms with Crippen LogP contribution in [0.4, 0.5) is 0 Å². The van der Waals surface area contributed by atoms with E-state index in [1.807, 2.05) is 26.0 Å². The molecule has 1 rings (SSSR count). The maximum absolute atomic E-state index is 11.2. The molecule has 0 aromatic heterocycles.